The van der Waals surface area contributed by atoms with Crippen molar-refractivity contribution in [1.82, 2.24) is 0 Å². The summed E-state index contributed by atoms with van der Waals surface area (Å²) in [6, 6.07) is 0. The second-order valence-corrected chi connectivity index (χ2v) is 14.9. The zero-order chi connectivity index (χ0) is 40.3. The second kappa shape index (κ2) is 40.8. The number of phosphoric acid groups is 1. The number of rotatable bonds is 38. The molecule has 10 heteroatoms. The van der Waals surface area contributed by atoms with Crippen LogP contribution in [0.5, 0.6) is 0 Å². The van der Waals surface area contributed by atoms with Crippen molar-refractivity contribution in [3.05, 3.63) is 85.1 Å². The fourth-order valence-electron chi connectivity index (χ4n) is 5.18. The van der Waals surface area contributed by atoms with Gasteiger partial charge in [-0.05, 0) is 77.0 Å². The Labute approximate surface area is 334 Å². The van der Waals surface area contributed by atoms with Gasteiger partial charge in [0.25, 0.3) is 0 Å². The van der Waals surface area contributed by atoms with Gasteiger partial charge in [-0.2, -0.15) is 0 Å². The Morgan fingerprint density at radius 3 is 1.56 bits per heavy atom. The standard InChI is InChI=1S/C45H76NO8P/c1-3-5-7-9-11-13-15-17-19-20-21-22-24-25-27-29-31-33-35-37-44(47)51-41-43(42-53-55(49,50)52-40-39-46)54-45(48)38-36-34-32-30-28-26-23-18-16-14-12-10-8-6-4-2/h5,7,11,13-14,16-17,19,21-22,25,27,31,33,43H,3-4,6,8-10,12,15,18,20,23-24,26,28-30,32,34-42,46H2,1-2H3,(H,49,50)/t43-/m1/s1. The first-order valence-corrected chi connectivity index (χ1v) is 22.6. The lowest BCUT2D eigenvalue weighted by Crippen LogP contribution is -2.29. The van der Waals surface area contributed by atoms with Gasteiger partial charge in [-0.15, -0.1) is 0 Å². The van der Waals surface area contributed by atoms with E-state index in [0.29, 0.717) is 12.8 Å². The third-order valence-electron chi connectivity index (χ3n) is 8.28. The van der Waals surface area contributed by atoms with Gasteiger partial charge in [0, 0.05) is 19.4 Å². The SMILES string of the molecule is CCC=CCC=CCC=CCC=CCC=CCC=CCCC(=O)OC[C@H](COP(=O)(O)OCCN)OC(=O)CCCCCCCCCC=CCCCCCC. The van der Waals surface area contributed by atoms with E-state index in [4.69, 9.17) is 24.3 Å². The predicted octanol–water partition coefficient (Wildman–Crippen LogP) is 12.0. The van der Waals surface area contributed by atoms with Crippen LogP contribution in [0.1, 0.15) is 155 Å². The van der Waals surface area contributed by atoms with Crippen LogP contribution in [0.25, 0.3) is 0 Å². The van der Waals surface area contributed by atoms with E-state index in [1.807, 2.05) is 12.2 Å². The van der Waals surface area contributed by atoms with E-state index in [9.17, 15) is 19.0 Å². The van der Waals surface area contributed by atoms with Gasteiger partial charge in [0.1, 0.15) is 6.61 Å². The lowest BCUT2D eigenvalue weighted by molar-refractivity contribution is -0.161. The second-order valence-electron chi connectivity index (χ2n) is 13.5. The average molecular weight is 790 g/mol. The quantitative estimate of drug-likeness (QED) is 0.0271. The van der Waals surface area contributed by atoms with Gasteiger partial charge in [-0.1, -0.05) is 150 Å². The highest BCUT2D eigenvalue weighted by molar-refractivity contribution is 7.47. The van der Waals surface area contributed by atoms with Crippen LogP contribution in [0.15, 0.2) is 85.1 Å². The molecule has 0 saturated carbocycles. The molecular weight excluding hydrogens is 713 g/mol. The molecule has 0 bridgehead atoms. The molecule has 0 fully saturated rings. The van der Waals surface area contributed by atoms with Crippen LogP contribution in [-0.4, -0.2) is 49.3 Å². The number of nitrogens with two attached hydrogens (primary N) is 1. The van der Waals surface area contributed by atoms with Gasteiger partial charge < -0.3 is 20.1 Å². The van der Waals surface area contributed by atoms with Crippen molar-refractivity contribution in [1.29, 1.82) is 0 Å². The summed E-state index contributed by atoms with van der Waals surface area (Å²) in [5.41, 5.74) is 5.34. The zero-order valence-corrected chi connectivity index (χ0v) is 35.3. The molecule has 2 atom stereocenters. The number of esters is 2. The summed E-state index contributed by atoms with van der Waals surface area (Å²) in [5.74, 6) is -0.940. The lowest BCUT2D eigenvalue weighted by Gasteiger charge is -2.19. The van der Waals surface area contributed by atoms with E-state index in [-0.39, 0.29) is 32.6 Å². The maximum absolute atomic E-state index is 12.6. The van der Waals surface area contributed by atoms with E-state index < -0.39 is 32.5 Å². The molecule has 0 amide bonds. The van der Waals surface area contributed by atoms with Crippen LogP contribution >= 0.6 is 7.82 Å². The third-order valence-corrected chi connectivity index (χ3v) is 9.26. The van der Waals surface area contributed by atoms with Gasteiger partial charge in [0.05, 0.1) is 13.2 Å². The Morgan fingerprint density at radius 1 is 0.564 bits per heavy atom. The van der Waals surface area contributed by atoms with E-state index in [2.05, 4.69) is 86.8 Å². The molecule has 9 nitrogen and oxygen atoms in total. The number of hydrogen-bond donors (Lipinski definition) is 2. The van der Waals surface area contributed by atoms with E-state index >= 15 is 0 Å². The molecule has 0 aliphatic rings. The molecule has 3 N–H and O–H groups in total. The largest absolute Gasteiger partial charge is 0.472 e. The van der Waals surface area contributed by atoms with E-state index in [0.717, 1.165) is 64.2 Å². The molecule has 0 radical (unpaired) electrons. The molecule has 0 saturated heterocycles. The average Bonchev–Trinajstić information content (AvgIpc) is 3.17. The van der Waals surface area contributed by atoms with Crippen LogP contribution in [0, 0.1) is 0 Å². The summed E-state index contributed by atoms with van der Waals surface area (Å²) in [7, 11) is -4.40. The summed E-state index contributed by atoms with van der Waals surface area (Å²) >= 11 is 0. The normalized spacial score (nSPS) is 14.2. The first kappa shape index (κ1) is 52.2. The summed E-state index contributed by atoms with van der Waals surface area (Å²) in [6.07, 6.45) is 50.5. The number of phosphoric ester groups is 1. The Kier molecular flexibility index (Phi) is 38.8. The summed E-state index contributed by atoms with van der Waals surface area (Å²) in [5, 5.41) is 0. The maximum Gasteiger partial charge on any atom is 0.472 e. The molecule has 0 aromatic rings. The van der Waals surface area contributed by atoms with E-state index in [1.54, 1.807) is 0 Å². The summed E-state index contributed by atoms with van der Waals surface area (Å²) in [4.78, 5) is 34.8. The number of carbonyl (C=O) groups excluding carboxylic acids is 2. The first-order chi connectivity index (χ1) is 26.8. The van der Waals surface area contributed by atoms with Crippen LogP contribution < -0.4 is 5.73 Å². The molecule has 0 aliphatic carbocycles. The van der Waals surface area contributed by atoms with Gasteiger partial charge in [-0.25, -0.2) is 4.57 Å². The monoisotopic (exact) mass is 790 g/mol. The fourth-order valence-corrected chi connectivity index (χ4v) is 5.95. The van der Waals surface area contributed by atoms with Crippen molar-refractivity contribution < 1.29 is 37.6 Å². The minimum atomic E-state index is -4.40. The molecule has 0 spiro atoms. The smallest absolute Gasteiger partial charge is 0.462 e. The fraction of sp³-hybridized carbons (Fsp3) is 0.644. The van der Waals surface area contributed by atoms with Crippen molar-refractivity contribution in [2.24, 2.45) is 5.73 Å². The topological polar surface area (TPSA) is 134 Å². The van der Waals surface area contributed by atoms with Crippen molar-refractivity contribution in [3.63, 3.8) is 0 Å². The molecule has 0 aromatic carbocycles. The van der Waals surface area contributed by atoms with Crippen molar-refractivity contribution in [2.75, 3.05) is 26.4 Å². The Bertz CT molecular complexity index is 1170. The molecule has 0 aromatic heterocycles. The third kappa shape index (κ3) is 40.7. The van der Waals surface area contributed by atoms with Gasteiger partial charge in [-0.3, -0.25) is 18.6 Å². The molecule has 1 unspecified atom stereocenters. The number of unbranched alkanes of at least 4 members (excludes halogenated alkanes) is 11. The number of carbonyl (C=O) groups is 2. The van der Waals surface area contributed by atoms with Crippen LogP contribution in [0.2, 0.25) is 0 Å². The molecule has 0 rings (SSSR count). The van der Waals surface area contributed by atoms with Crippen LogP contribution in [0.3, 0.4) is 0 Å². The molecule has 314 valence electrons. The highest BCUT2D eigenvalue weighted by Gasteiger charge is 2.25. The highest BCUT2D eigenvalue weighted by Crippen LogP contribution is 2.43. The lowest BCUT2D eigenvalue weighted by atomic mass is 10.1. The Morgan fingerprint density at radius 2 is 1.04 bits per heavy atom. The zero-order valence-electron chi connectivity index (χ0n) is 34.4. The number of hydrogen-bond acceptors (Lipinski definition) is 8. The number of ether oxygens (including phenoxy) is 2. The Balaban J connectivity index is 4.32. The predicted molar refractivity (Wildman–Crippen MR) is 229 cm³/mol. The van der Waals surface area contributed by atoms with Crippen molar-refractivity contribution >= 4 is 19.8 Å². The molecule has 0 heterocycles. The maximum atomic E-state index is 12.6. The van der Waals surface area contributed by atoms with Gasteiger partial charge >= 0.3 is 19.8 Å². The van der Waals surface area contributed by atoms with Crippen LogP contribution in [-0.2, 0) is 32.7 Å². The minimum absolute atomic E-state index is 0.0390. The van der Waals surface area contributed by atoms with Crippen molar-refractivity contribution in [3.8, 4) is 0 Å². The minimum Gasteiger partial charge on any atom is -0.462 e. The summed E-state index contributed by atoms with van der Waals surface area (Å²) in [6.45, 7) is 3.49. The first-order valence-electron chi connectivity index (χ1n) is 21.1. The summed E-state index contributed by atoms with van der Waals surface area (Å²) < 4.78 is 32.7. The van der Waals surface area contributed by atoms with Crippen LogP contribution in [0.4, 0.5) is 0 Å². The molecular formula is C45H76NO8P. The highest BCUT2D eigenvalue weighted by atomic mass is 31.2. The number of allylic oxidation sites excluding steroid dienone is 14. The Hall–Kier alpha value is -2.81. The van der Waals surface area contributed by atoms with Gasteiger partial charge in [0.15, 0.2) is 6.10 Å². The molecule has 55 heavy (non-hydrogen) atoms. The molecule has 0 aliphatic heterocycles. The van der Waals surface area contributed by atoms with Gasteiger partial charge in [0.2, 0.25) is 0 Å². The van der Waals surface area contributed by atoms with Crippen molar-refractivity contribution in [2.45, 2.75) is 161 Å². The van der Waals surface area contributed by atoms with E-state index in [1.165, 1.54) is 51.4 Å².